The lowest BCUT2D eigenvalue weighted by molar-refractivity contribution is -0.102. The molecule has 0 bridgehead atoms. The predicted molar refractivity (Wildman–Crippen MR) is 75.5 cm³/mol. The Bertz CT molecular complexity index is 703. The molecular formula is C11H17N3O8P+. The van der Waals surface area contributed by atoms with E-state index in [0.29, 0.717) is 0 Å². The summed E-state index contributed by atoms with van der Waals surface area (Å²) >= 11 is 0. The molecule has 1 aromatic heterocycles. The van der Waals surface area contributed by atoms with Crippen molar-refractivity contribution in [1.29, 1.82) is 0 Å². The summed E-state index contributed by atoms with van der Waals surface area (Å²) in [4.78, 5) is 33.9. The van der Waals surface area contributed by atoms with Crippen LogP contribution in [0.5, 0.6) is 0 Å². The van der Waals surface area contributed by atoms with Gasteiger partial charge in [-0.1, -0.05) is 0 Å². The Labute approximate surface area is 130 Å². The van der Waals surface area contributed by atoms with Crippen LogP contribution < -0.4 is 16.6 Å². The third-order valence-corrected chi connectivity index (χ3v) is 3.87. The van der Waals surface area contributed by atoms with E-state index < -0.39 is 50.9 Å². The lowest BCUT2D eigenvalue weighted by Crippen LogP contribution is -2.53. The number of aromatic amines is 1. The van der Waals surface area contributed by atoms with E-state index in [4.69, 9.17) is 9.63 Å². The van der Waals surface area contributed by atoms with Gasteiger partial charge >= 0.3 is 13.9 Å². The molecule has 23 heavy (non-hydrogen) atoms. The first-order valence-corrected chi connectivity index (χ1v) is 7.74. The highest BCUT2D eigenvalue weighted by atomic mass is 31.1. The van der Waals surface area contributed by atoms with Crippen molar-refractivity contribution in [1.82, 2.24) is 14.9 Å². The van der Waals surface area contributed by atoms with Crippen molar-refractivity contribution in [2.75, 3.05) is 13.3 Å². The van der Waals surface area contributed by atoms with E-state index >= 15 is 0 Å². The van der Waals surface area contributed by atoms with Crippen LogP contribution in [0, 0.1) is 6.92 Å². The molecule has 1 saturated heterocycles. The second-order valence-corrected chi connectivity index (χ2v) is 5.79. The smallest absolute Gasteiger partial charge is 0.393 e. The molecule has 12 heteroatoms. The molecule has 11 nitrogen and oxygen atoms in total. The summed E-state index contributed by atoms with van der Waals surface area (Å²) in [6, 6.07) is 0. The average molecular weight is 350 g/mol. The van der Waals surface area contributed by atoms with Gasteiger partial charge in [-0.25, -0.2) is 4.79 Å². The standard InChI is InChI=1S/C11H16N3O8P/c1-6-3-14(10(17)13-9(6)16)8-2-11(18,7(4-15)22-8)12-5-21-23(19)20/h3,7-8,12,15,18H,2,4-5H2,1H3,(H-,13,16,17,19,20)/p+1/t7-,8-,11-/m1/s1. The van der Waals surface area contributed by atoms with Crippen molar-refractivity contribution in [2.45, 2.75) is 31.4 Å². The first-order valence-electron chi connectivity index (χ1n) is 6.61. The number of ether oxygens (including phenoxy) is 1. The fourth-order valence-corrected chi connectivity index (χ4v) is 2.48. The summed E-state index contributed by atoms with van der Waals surface area (Å²) in [5, 5.41) is 22.2. The fourth-order valence-electron chi connectivity index (χ4n) is 2.30. The van der Waals surface area contributed by atoms with Gasteiger partial charge in [0.05, 0.1) is 6.61 Å². The van der Waals surface area contributed by atoms with Crippen LogP contribution in [0.4, 0.5) is 0 Å². The van der Waals surface area contributed by atoms with Crippen molar-refractivity contribution in [3.63, 3.8) is 0 Å². The normalized spacial score (nSPS) is 28.1. The molecule has 128 valence electrons. The van der Waals surface area contributed by atoms with Crippen LogP contribution in [0.25, 0.3) is 0 Å². The predicted octanol–water partition coefficient (Wildman–Crippen LogP) is -1.97. The van der Waals surface area contributed by atoms with Crippen LogP contribution in [0.15, 0.2) is 15.8 Å². The Morgan fingerprint density at radius 2 is 2.30 bits per heavy atom. The van der Waals surface area contributed by atoms with Gasteiger partial charge in [-0.05, 0) is 6.92 Å². The van der Waals surface area contributed by atoms with Gasteiger partial charge < -0.3 is 14.9 Å². The molecular weight excluding hydrogens is 333 g/mol. The number of aliphatic hydroxyl groups is 2. The van der Waals surface area contributed by atoms with Crippen molar-refractivity contribution >= 4 is 8.25 Å². The Balaban J connectivity index is 2.21. The zero-order valence-corrected chi connectivity index (χ0v) is 13.0. The minimum absolute atomic E-state index is 0.158. The van der Waals surface area contributed by atoms with Gasteiger partial charge in [-0.2, -0.15) is 0 Å². The number of hydrogen-bond acceptors (Lipinski definition) is 8. The van der Waals surface area contributed by atoms with E-state index in [0.717, 1.165) is 4.57 Å². The van der Waals surface area contributed by atoms with Gasteiger partial charge in [0.25, 0.3) is 5.56 Å². The van der Waals surface area contributed by atoms with Gasteiger partial charge in [0.1, 0.15) is 12.3 Å². The lowest BCUT2D eigenvalue weighted by atomic mass is 10.1. The molecule has 0 aliphatic carbocycles. The van der Waals surface area contributed by atoms with Gasteiger partial charge in [-0.15, -0.1) is 9.42 Å². The van der Waals surface area contributed by atoms with E-state index in [-0.39, 0.29) is 12.0 Å². The second-order valence-electron chi connectivity index (χ2n) is 5.06. The number of aryl methyl sites for hydroxylation is 1. The molecule has 1 aromatic rings. The van der Waals surface area contributed by atoms with E-state index in [9.17, 15) is 24.4 Å². The largest absolute Gasteiger partial charge is 0.696 e. The molecule has 0 saturated carbocycles. The maximum atomic E-state index is 11.9. The van der Waals surface area contributed by atoms with Crippen molar-refractivity contribution in [2.24, 2.45) is 0 Å². The number of aromatic nitrogens is 2. The highest BCUT2D eigenvalue weighted by Crippen LogP contribution is 2.34. The van der Waals surface area contributed by atoms with E-state index in [2.05, 4.69) is 14.8 Å². The Hall–Kier alpha value is -1.46. The zero-order chi connectivity index (χ0) is 17.2. The van der Waals surface area contributed by atoms with Crippen LogP contribution >= 0.6 is 8.25 Å². The third-order valence-electron chi connectivity index (χ3n) is 3.52. The van der Waals surface area contributed by atoms with Gasteiger partial charge in [-0.3, -0.25) is 19.7 Å². The van der Waals surface area contributed by atoms with Gasteiger partial charge in [0, 0.05) is 22.7 Å². The molecule has 1 fully saturated rings. The average Bonchev–Trinajstić information content (AvgIpc) is 2.79. The van der Waals surface area contributed by atoms with Crippen LogP contribution in [-0.4, -0.2) is 49.8 Å². The summed E-state index contributed by atoms with van der Waals surface area (Å²) in [6.45, 7) is 0.472. The molecule has 2 heterocycles. The van der Waals surface area contributed by atoms with Crippen molar-refractivity contribution < 1.29 is 28.9 Å². The minimum Gasteiger partial charge on any atom is -0.393 e. The molecule has 0 radical (unpaired) electrons. The topological polar surface area (TPSA) is 163 Å². The Kier molecular flexibility index (Phi) is 5.42. The lowest BCUT2D eigenvalue weighted by Gasteiger charge is -2.26. The van der Waals surface area contributed by atoms with Gasteiger partial charge in [0.15, 0.2) is 12.5 Å². The Morgan fingerprint density at radius 1 is 1.61 bits per heavy atom. The van der Waals surface area contributed by atoms with Gasteiger partial charge in [0.2, 0.25) is 0 Å². The maximum Gasteiger partial charge on any atom is 0.696 e. The summed E-state index contributed by atoms with van der Waals surface area (Å²) in [5.41, 5.74) is -2.76. The molecule has 0 aromatic carbocycles. The summed E-state index contributed by atoms with van der Waals surface area (Å²) < 4.78 is 21.4. The highest BCUT2D eigenvalue weighted by Gasteiger charge is 2.48. The molecule has 0 spiro atoms. The molecule has 4 atom stereocenters. The van der Waals surface area contributed by atoms with Crippen LogP contribution in [-0.2, 0) is 13.8 Å². The number of rotatable bonds is 6. The molecule has 2 rings (SSSR count). The second kappa shape index (κ2) is 6.97. The summed E-state index contributed by atoms with van der Waals surface area (Å²) in [5.74, 6) is 0. The monoisotopic (exact) mass is 350 g/mol. The molecule has 1 aliphatic rings. The third kappa shape index (κ3) is 3.90. The summed E-state index contributed by atoms with van der Waals surface area (Å²) in [7, 11) is -2.85. The van der Waals surface area contributed by atoms with Crippen molar-refractivity contribution in [3.8, 4) is 0 Å². The molecule has 0 amide bonds. The minimum atomic E-state index is -2.85. The first kappa shape index (κ1) is 17.9. The van der Waals surface area contributed by atoms with Crippen LogP contribution in [0.3, 0.4) is 0 Å². The number of nitrogens with zero attached hydrogens (tertiary/aromatic N) is 1. The SMILES string of the molecule is Cc1cn([C@H]2C[C@](O)(NCO[P+](=O)O)[C@@H](CO)O2)c(=O)[nH]c1=O. The van der Waals surface area contributed by atoms with E-state index in [1.807, 2.05) is 0 Å². The van der Waals surface area contributed by atoms with Crippen molar-refractivity contribution in [3.05, 3.63) is 32.6 Å². The molecule has 5 N–H and O–H groups in total. The van der Waals surface area contributed by atoms with E-state index in [1.54, 1.807) is 0 Å². The summed E-state index contributed by atoms with van der Waals surface area (Å²) in [6.07, 6.45) is -0.926. The Morgan fingerprint density at radius 3 is 2.91 bits per heavy atom. The number of nitrogens with one attached hydrogen (secondary N) is 2. The fraction of sp³-hybridized carbons (Fsp3) is 0.636. The van der Waals surface area contributed by atoms with E-state index in [1.165, 1.54) is 13.1 Å². The number of H-pyrrole nitrogens is 1. The van der Waals surface area contributed by atoms with Crippen LogP contribution in [0.2, 0.25) is 0 Å². The van der Waals surface area contributed by atoms with Crippen LogP contribution in [0.1, 0.15) is 18.2 Å². The molecule has 1 unspecified atom stereocenters. The quantitative estimate of drug-likeness (QED) is 0.289. The first-order chi connectivity index (χ1) is 10.8. The number of hydrogen-bond donors (Lipinski definition) is 5. The maximum absolute atomic E-state index is 11.9. The highest BCUT2D eigenvalue weighted by molar-refractivity contribution is 7.32. The zero-order valence-electron chi connectivity index (χ0n) is 12.1. The number of aliphatic hydroxyl groups excluding tert-OH is 1. The molecule has 1 aliphatic heterocycles.